The average Bonchev–Trinajstić information content (AvgIpc) is 2.88. The molecule has 2 unspecified atom stereocenters. The highest BCUT2D eigenvalue weighted by atomic mass is 32.2. The first-order valence-electron chi connectivity index (χ1n) is 6.54. The Hall–Kier alpha value is -0.990. The van der Waals surface area contributed by atoms with E-state index in [-0.39, 0.29) is 17.7 Å². The fraction of sp³-hybridized carbons (Fsp3) is 0.818. The summed E-state index contributed by atoms with van der Waals surface area (Å²) in [6.45, 7) is 2.02. The van der Waals surface area contributed by atoms with Crippen LogP contribution in [0.1, 0.15) is 42.3 Å². The molecule has 7 nitrogen and oxygen atoms in total. The summed E-state index contributed by atoms with van der Waals surface area (Å²) >= 11 is 0. The van der Waals surface area contributed by atoms with E-state index < -0.39 is 15.1 Å². The van der Waals surface area contributed by atoms with Crippen LogP contribution in [0.4, 0.5) is 0 Å². The third kappa shape index (κ3) is 2.65. The first-order chi connectivity index (χ1) is 9.17. The fourth-order valence-electron chi connectivity index (χ4n) is 2.47. The van der Waals surface area contributed by atoms with Crippen LogP contribution in [-0.2, 0) is 14.6 Å². The monoisotopic (exact) mass is 287 g/mol. The van der Waals surface area contributed by atoms with Crippen molar-refractivity contribution in [2.45, 2.75) is 30.6 Å². The third-order valence-corrected chi connectivity index (χ3v) is 5.69. The maximum absolute atomic E-state index is 12.0. The van der Waals surface area contributed by atoms with Crippen molar-refractivity contribution in [3.8, 4) is 0 Å². The Balaban J connectivity index is 1.80. The van der Waals surface area contributed by atoms with Crippen molar-refractivity contribution in [2.75, 3.05) is 25.4 Å². The summed E-state index contributed by atoms with van der Waals surface area (Å²) in [5, 5.41) is 6.40. The second-order valence-corrected chi connectivity index (χ2v) is 7.21. The fourth-order valence-corrected chi connectivity index (χ4v) is 4.29. The van der Waals surface area contributed by atoms with Gasteiger partial charge in [0.2, 0.25) is 11.7 Å². The molecule has 2 aliphatic heterocycles. The van der Waals surface area contributed by atoms with Gasteiger partial charge in [-0.05, 0) is 12.8 Å². The number of hydrogen-bond donors (Lipinski definition) is 1. The summed E-state index contributed by atoms with van der Waals surface area (Å²) < 4.78 is 34.7. The van der Waals surface area contributed by atoms with Crippen LogP contribution in [0, 0.1) is 0 Å². The van der Waals surface area contributed by atoms with Gasteiger partial charge in [-0.3, -0.25) is 0 Å². The van der Waals surface area contributed by atoms with Gasteiger partial charge in [0.1, 0.15) is 11.4 Å². The van der Waals surface area contributed by atoms with Gasteiger partial charge in [0.05, 0.1) is 12.4 Å². The lowest BCUT2D eigenvalue weighted by Crippen LogP contribution is -2.33. The highest BCUT2D eigenvalue weighted by Gasteiger charge is 2.35. The van der Waals surface area contributed by atoms with Crippen LogP contribution in [0.25, 0.3) is 0 Å². The van der Waals surface area contributed by atoms with Crippen molar-refractivity contribution in [1.82, 2.24) is 15.5 Å². The predicted molar refractivity (Wildman–Crippen MR) is 66.2 cm³/mol. The summed E-state index contributed by atoms with van der Waals surface area (Å²) in [5.41, 5.74) is 0. The molecule has 0 spiro atoms. The van der Waals surface area contributed by atoms with Crippen LogP contribution < -0.4 is 5.32 Å². The Morgan fingerprint density at radius 1 is 1.32 bits per heavy atom. The summed E-state index contributed by atoms with van der Waals surface area (Å²) in [6.07, 6.45) is 1.91. The quantitative estimate of drug-likeness (QED) is 0.839. The number of ether oxygens (including phenoxy) is 1. The molecule has 2 fully saturated rings. The van der Waals surface area contributed by atoms with Crippen molar-refractivity contribution >= 4 is 9.84 Å². The first-order valence-corrected chi connectivity index (χ1v) is 8.26. The van der Waals surface area contributed by atoms with E-state index in [0.29, 0.717) is 25.4 Å². The second-order valence-electron chi connectivity index (χ2n) is 4.91. The van der Waals surface area contributed by atoms with E-state index in [1.165, 1.54) is 0 Å². The Morgan fingerprint density at radius 2 is 2.21 bits per heavy atom. The second kappa shape index (κ2) is 5.18. The smallest absolute Gasteiger partial charge is 0.245 e. The molecule has 2 saturated heterocycles. The zero-order valence-corrected chi connectivity index (χ0v) is 11.4. The van der Waals surface area contributed by atoms with Gasteiger partial charge < -0.3 is 14.6 Å². The highest BCUT2D eigenvalue weighted by molar-refractivity contribution is 7.91. The van der Waals surface area contributed by atoms with E-state index >= 15 is 0 Å². The molecule has 0 saturated carbocycles. The lowest BCUT2D eigenvalue weighted by Gasteiger charge is -2.20. The number of nitrogens with one attached hydrogen (secondary N) is 1. The number of rotatable bonds is 2. The van der Waals surface area contributed by atoms with Crippen LogP contribution in [0.3, 0.4) is 0 Å². The molecule has 1 N–H and O–H groups in total. The van der Waals surface area contributed by atoms with Crippen molar-refractivity contribution in [3.05, 3.63) is 11.7 Å². The predicted octanol–water partition coefficient (Wildman–Crippen LogP) is 0.370. The van der Waals surface area contributed by atoms with Gasteiger partial charge >= 0.3 is 0 Å². The molecule has 0 bridgehead atoms. The van der Waals surface area contributed by atoms with Gasteiger partial charge in [-0.15, -0.1) is 0 Å². The SMILES string of the molecule is O=S1(=O)CCCCC1c1nc(C2CNCCO2)no1. The largest absolute Gasteiger partial charge is 0.367 e. The maximum Gasteiger partial charge on any atom is 0.245 e. The van der Waals surface area contributed by atoms with Crippen LogP contribution in [0.2, 0.25) is 0 Å². The van der Waals surface area contributed by atoms with Crippen molar-refractivity contribution in [3.63, 3.8) is 0 Å². The molecule has 8 heteroatoms. The summed E-state index contributed by atoms with van der Waals surface area (Å²) in [5.74, 6) is 0.850. The lowest BCUT2D eigenvalue weighted by molar-refractivity contribution is 0.0208. The van der Waals surface area contributed by atoms with E-state index in [9.17, 15) is 8.42 Å². The maximum atomic E-state index is 12.0. The average molecular weight is 287 g/mol. The van der Waals surface area contributed by atoms with Crippen LogP contribution in [-0.4, -0.2) is 44.0 Å². The molecule has 3 heterocycles. The van der Waals surface area contributed by atoms with E-state index in [2.05, 4.69) is 15.5 Å². The summed E-state index contributed by atoms with van der Waals surface area (Å²) in [6, 6.07) is 0. The molecule has 1 aromatic rings. The van der Waals surface area contributed by atoms with Crippen LogP contribution in [0.5, 0.6) is 0 Å². The zero-order chi connectivity index (χ0) is 13.3. The van der Waals surface area contributed by atoms with Gasteiger partial charge in [0.15, 0.2) is 9.84 Å². The molecule has 106 valence electrons. The highest BCUT2D eigenvalue weighted by Crippen LogP contribution is 2.33. The number of aromatic nitrogens is 2. The third-order valence-electron chi connectivity index (χ3n) is 3.53. The molecule has 19 heavy (non-hydrogen) atoms. The number of morpholine rings is 1. The van der Waals surface area contributed by atoms with Gasteiger partial charge in [0, 0.05) is 13.1 Å². The molecule has 2 atom stereocenters. The Bertz CT molecular complexity index is 536. The lowest BCUT2D eigenvalue weighted by atomic mass is 10.2. The molecule has 0 aromatic carbocycles. The van der Waals surface area contributed by atoms with E-state index in [0.717, 1.165) is 19.4 Å². The Kier molecular flexibility index (Phi) is 3.55. The van der Waals surface area contributed by atoms with Crippen LogP contribution in [0.15, 0.2) is 4.52 Å². The normalized spacial score (nSPS) is 31.2. The number of sulfone groups is 1. The Labute approximate surface area is 111 Å². The zero-order valence-electron chi connectivity index (χ0n) is 10.5. The van der Waals surface area contributed by atoms with Crippen LogP contribution >= 0.6 is 0 Å². The van der Waals surface area contributed by atoms with E-state index in [1.54, 1.807) is 0 Å². The minimum Gasteiger partial charge on any atom is -0.367 e. The van der Waals surface area contributed by atoms with Gasteiger partial charge in [0.25, 0.3) is 0 Å². The molecular weight excluding hydrogens is 270 g/mol. The van der Waals surface area contributed by atoms with Crippen molar-refractivity contribution in [2.24, 2.45) is 0 Å². The molecule has 1 aromatic heterocycles. The Morgan fingerprint density at radius 3 is 2.95 bits per heavy atom. The summed E-state index contributed by atoms with van der Waals surface area (Å²) in [4.78, 5) is 4.23. The number of nitrogens with zero attached hydrogens (tertiary/aromatic N) is 2. The molecule has 0 radical (unpaired) electrons. The van der Waals surface area contributed by atoms with E-state index in [1.807, 2.05) is 0 Å². The minimum atomic E-state index is -3.15. The van der Waals surface area contributed by atoms with Crippen molar-refractivity contribution in [1.29, 1.82) is 0 Å². The van der Waals surface area contributed by atoms with Gasteiger partial charge in [-0.25, -0.2) is 8.42 Å². The summed E-state index contributed by atoms with van der Waals surface area (Å²) in [7, 11) is -3.15. The van der Waals surface area contributed by atoms with E-state index in [4.69, 9.17) is 9.26 Å². The van der Waals surface area contributed by atoms with Gasteiger partial charge in [-0.1, -0.05) is 11.6 Å². The molecular formula is C11H17N3O4S. The minimum absolute atomic E-state index is 0.205. The molecule has 0 aliphatic carbocycles. The topological polar surface area (TPSA) is 94.3 Å². The first kappa shape index (κ1) is 13.0. The molecule has 2 aliphatic rings. The van der Waals surface area contributed by atoms with Crippen molar-refractivity contribution < 1.29 is 17.7 Å². The molecule has 0 amide bonds. The molecule has 3 rings (SSSR count). The standard InChI is InChI=1S/C11H17N3O4S/c15-19(16)6-2-1-3-9(19)11-13-10(14-18-11)8-7-12-4-5-17-8/h8-9,12H,1-7H2. The number of hydrogen-bond acceptors (Lipinski definition) is 7. The van der Waals surface area contributed by atoms with Gasteiger partial charge in [-0.2, -0.15) is 4.98 Å².